The van der Waals surface area contributed by atoms with Crippen LogP contribution < -0.4 is 10.0 Å². The van der Waals surface area contributed by atoms with E-state index < -0.39 is 16.0 Å². The fourth-order valence-electron chi connectivity index (χ4n) is 2.72. The van der Waals surface area contributed by atoms with Crippen molar-refractivity contribution in [3.8, 4) is 0 Å². The van der Waals surface area contributed by atoms with Crippen LogP contribution in [0.5, 0.6) is 0 Å². The highest BCUT2D eigenvalue weighted by molar-refractivity contribution is 7.92. The van der Waals surface area contributed by atoms with Crippen LogP contribution >= 0.6 is 0 Å². The van der Waals surface area contributed by atoms with E-state index in [-0.39, 0.29) is 29.1 Å². The van der Waals surface area contributed by atoms with Crippen molar-refractivity contribution < 1.29 is 23.1 Å². The minimum absolute atomic E-state index is 0.0932. The molecule has 0 spiro atoms. The first-order valence-electron chi connectivity index (χ1n) is 7.37. The lowest BCUT2D eigenvalue weighted by atomic mass is 9.86. The summed E-state index contributed by atoms with van der Waals surface area (Å²) in [4.78, 5) is 23.3. The molecule has 1 aliphatic rings. The molecule has 0 bridgehead atoms. The van der Waals surface area contributed by atoms with E-state index in [4.69, 9.17) is 5.11 Å². The van der Waals surface area contributed by atoms with Crippen LogP contribution in [0.2, 0.25) is 0 Å². The Balaban J connectivity index is 2.03. The van der Waals surface area contributed by atoms with Gasteiger partial charge in [-0.3, -0.25) is 14.3 Å². The Hall–Kier alpha value is -2.09. The quantitative estimate of drug-likeness (QED) is 0.750. The lowest BCUT2D eigenvalue weighted by Gasteiger charge is -2.27. The summed E-state index contributed by atoms with van der Waals surface area (Å²) >= 11 is 0. The minimum Gasteiger partial charge on any atom is -0.481 e. The number of carboxylic acids is 1. The van der Waals surface area contributed by atoms with Crippen LogP contribution in [-0.2, 0) is 14.8 Å². The Morgan fingerprint density at radius 1 is 1.13 bits per heavy atom. The largest absolute Gasteiger partial charge is 0.481 e. The average Bonchev–Trinajstić information content (AvgIpc) is 2.46. The zero-order chi connectivity index (χ0) is 17.0. The van der Waals surface area contributed by atoms with Gasteiger partial charge in [-0.2, -0.15) is 0 Å². The molecule has 7 nitrogen and oxygen atoms in total. The standard InChI is InChI=1S/C15H20N2O5S/c1-23(21,22)17-13-5-3-2-4-12(13)14(18)16-11-8-6-10(7-9-11)15(19)20/h2-5,10-11,17H,6-9H2,1H3,(H,16,18)(H,19,20). The minimum atomic E-state index is -3.48. The molecule has 126 valence electrons. The highest BCUT2D eigenvalue weighted by Crippen LogP contribution is 2.25. The third kappa shape index (κ3) is 4.95. The molecule has 0 aromatic heterocycles. The van der Waals surface area contributed by atoms with Crippen molar-refractivity contribution in [2.45, 2.75) is 31.7 Å². The third-order valence-corrected chi connectivity index (χ3v) is 4.47. The number of hydrogen-bond donors (Lipinski definition) is 3. The van der Waals surface area contributed by atoms with E-state index in [1.807, 2.05) is 0 Å². The first kappa shape index (κ1) is 17.3. The zero-order valence-corrected chi connectivity index (χ0v) is 13.6. The van der Waals surface area contributed by atoms with Crippen molar-refractivity contribution in [1.29, 1.82) is 0 Å². The first-order valence-corrected chi connectivity index (χ1v) is 9.26. The zero-order valence-electron chi connectivity index (χ0n) is 12.8. The van der Waals surface area contributed by atoms with Gasteiger partial charge in [-0.1, -0.05) is 12.1 Å². The van der Waals surface area contributed by atoms with Gasteiger partial charge in [0.05, 0.1) is 23.4 Å². The highest BCUT2D eigenvalue weighted by atomic mass is 32.2. The molecule has 1 fully saturated rings. The summed E-state index contributed by atoms with van der Waals surface area (Å²) in [5.41, 5.74) is 0.477. The molecule has 1 aromatic carbocycles. The van der Waals surface area contributed by atoms with Crippen LogP contribution in [0.1, 0.15) is 36.0 Å². The Labute approximate surface area is 135 Å². The van der Waals surface area contributed by atoms with Gasteiger partial charge in [0.25, 0.3) is 5.91 Å². The number of aliphatic carboxylic acids is 1. The number of carboxylic acid groups (broad SMARTS) is 1. The normalized spacial score (nSPS) is 21.4. The second kappa shape index (κ2) is 6.99. The molecule has 0 radical (unpaired) electrons. The van der Waals surface area contributed by atoms with Crippen molar-refractivity contribution in [2.24, 2.45) is 5.92 Å². The lowest BCUT2D eigenvalue weighted by Crippen LogP contribution is -2.39. The molecule has 0 saturated heterocycles. The van der Waals surface area contributed by atoms with Crippen molar-refractivity contribution in [2.75, 3.05) is 11.0 Å². The van der Waals surface area contributed by atoms with E-state index >= 15 is 0 Å². The molecule has 3 N–H and O–H groups in total. The summed E-state index contributed by atoms with van der Waals surface area (Å²) in [7, 11) is -3.48. The van der Waals surface area contributed by atoms with E-state index in [0.717, 1.165) is 6.26 Å². The second-order valence-electron chi connectivity index (χ2n) is 5.78. The van der Waals surface area contributed by atoms with Crippen LogP contribution in [-0.4, -0.2) is 37.7 Å². The molecule has 0 heterocycles. The maximum absolute atomic E-state index is 12.4. The van der Waals surface area contributed by atoms with Gasteiger partial charge in [0, 0.05) is 6.04 Å². The summed E-state index contributed by atoms with van der Waals surface area (Å²) in [5.74, 6) is -1.50. The second-order valence-corrected chi connectivity index (χ2v) is 7.53. The van der Waals surface area contributed by atoms with Crippen molar-refractivity contribution in [1.82, 2.24) is 5.32 Å². The summed E-state index contributed by atoms with van der Waals surface area (Å²) in [5, 5.41) is 11.8. The summed E-state index contributed by atoms with van der Waals surface area (Å²) in [6, 6.07) is 6.28. The fourth-order valence-corrected chi connectivity index (χ4v) is 3.30. The molecule has 2 rings (SSSR count). The Bertz CT molecular complexity index is 694. The molecule has 0 unspecified atom stereocenters. The molecule has 0 atom stereocenters. The van der Waals surface area contributed by atoms with Crippen molar-refractivity contribution in [3.63, 3.8) is 0 Å². The SMILES string of the molecule is CS(=O)(=O)Nc1ccccc1C(=O)NC1CCC(C(=O)O)CC1. The van der Waals surface area contributed by atoms with Gasteiger partial charge in [-0.15, -0.1) is 0 Å². The third-order valence-electron chi connectivity index (χ3n) is 3.88. The van der Waals surface area contributed by atoms with E-state index in [0.29, 0.717) is 25.7 Å². The topological polar surface area (TPSA) is 113 Å². The van der Waals surface area contributed by atoms with Crippen LogP contribution in [0, 0.1) is 5.92 Å². The van der Waals surface area contributed by atoms with Crippen molar-refractivity contribution >= 4 is 27.6 Å². The van der Waals surface area contributed by atoms with Crippen LogP contribution in [0.25, 0.3) is 0 Å². The number of carbonyl (C=O) groups is 2. The number of rotatable bonds is 5. The Kier molecular flexibility index (Phi) is 5.25. The van der Waals surface area contributed by atoms with E-state index in [1.165, 1.54) is 6.07 Å². The first-order chi connectivity index (χ1) is 10.8. The molecule has 0 aliphatic heterocycles. The number of benzene rings is 1. The molecule has 1 aliphatic carbocycles. The predicted molar refractivity (Wildman–Crippen MR) is 85.8 cm³/mol. The fraction of sp³-hybridized carbons (Fsp3) is 0.467. The number of para-hydroxylation sites is 1. The predicted octanol–water partition coefficient (Wildman–Crippen LogP) is 1.43. The maximum Gasteiger partial charge on any atom is 0.306 e. The summed E-state index contributed by atoms with van der Waals surface area (Å²) in [6.45, 7) is 0. The number of amides is 1. The Morgan fingerprint density at radius 2 is 1.74 bits per heavy atom. The van der Waals surface area contributed by atoms with E-state index in [1.54, 1.807) is 18.2 Å². The summed E-state index contributed by atoms with van der Waals surface area (Å²) in [6.07, 6.45) is 3.29. The lowest BCUT2D eigenvalue weighted by molar-refractivity contribution is -0.142. The molecule has 8 heteroatoms. The number of hydrogen-bond acceptors (Lipinski definition) is 4. The van der Waals surface area contributed by atoms with Crippen molar-refractivity contribution in [3.05, 3.63) is 29.8 Å². The monoisotopic (exact) mass is 340 g/mol. The summed E-state index contributed by atoms with van der Waals surface area (Å²) < 4.78 is 25.1. The van der Waals surface area contributed by atoms with Gasteiger partial charge >= 0.3 is 5.97 Å². The molecular weight excluding hydrogens is 320 g/mol. The number of anilines is 1. The van der Waals surface area contributed by atoms with Gasteiger partial charge in [0.2, 0.25) is 10.0 Å². The molecule has 23 heavy (non-hydrogen) atoms. The highest BCUT2D eigenvalue weighted by Gasteiger charge is 2.27. The molecular formula is C15H20N2O5S. The smallest absolute Gasteiger partial charge is 0.306 e. The van der Waals surface area contributed by atoms with E-state index in [9.17, 15) is 18.0 Å². The van der Waals surface area contributed by atoms with Gasteiger partial charge in [0.1, 0.15) is 0 Å². The van der Waals surface area contributed by atoms with Gasteiger partial charge < -0.3 is 10.4 Å². The van der Waals surface area contributed by atoms with Gasteiger partial charge in [-0.25, -0.2) is 8.42 Å². The number of carbonyl (C=O) groups excluding carboxylic acids is 1. The molecule has 1 aromatic rings. The number of sulfonamides is 1. The number of nitrogens with one attached hydrogen (secondary N) is 2. The van der Waals surface area contributed by atoms with Crippen LogP contribution in [0.3, 0.4) is 0 Å². The van der Waals surface area contributed by atoms with Crippen LogP contribution in [0.4, 0.5) is 5.69 Å². The van der Waals surface area contributed by atoms with E-state index in [2.05, 4.69) is 10.0 Å². The molecule has 1 saturated carbocycles. The maximum atomic E-state index is 12.4. The Morgan fingerprint density at radius 3 is 2.30 bits per heavy atom. The average molecular weight is 340 g/mol. The molecule has 1 amide bonds. The van der Waals surface area contributed by atoms with Gasteiger partial charge in [-0.05, 0) is 37.8 Å². The van der Waals surface area contributed by atoms with Gasteiger partial charge in [0.15, 0.2) is 0 Å². The van der Waals surface area contributed by atoms with Crippen LogP contribution in [0.15, 0.2) is 24.3 Å².